The largest absolute Gasteiger partial charge is 0.383 e. The van der Waals surface area contributed by atoms with Crippen LogP contribution >= 0.6 is 11.6 Å². The summed E-state index contributed by atoms with van der Waals surface area (Å²) >= 11 is 6.44. The minimum Gasteiger partial charge on any atom is -0.383 e. The maximum atomic E-state index is 12.1. The van der Waals surface area contributed by atoms with E-state index in [4.69, 9.17) is 22.4 Å². The topological polar surface area (TPSA) is 104 Å². The Bertz CT molecular complexity index is 1190. The van der Waals surface area contributed by atoms with Gasteiger partial charge in [-0.05, 0) is 26.0 Å². The summed E-state index contributed by atoms with van der Waals surface area (Å²) in [6, 6.07) is 5.41. The standard InChI is InChI=1S/C18H18ClN7O/c1-9(2)26-16-14(15(20)22-8-23-16)17(24-26)25-7-12(19)11-5-4-10(6-13(11)25)18(27)21-3/h4-9H,1-3H3,(H,21,27)(H2,20,22,23). The van der Waals surface area contributed by atoms with Crippen LogP contribution in [0, 0.1) is 0 Å². The van der Waals surface area contributed by atoms with Crippen LogP contribution in [-0.4, -0.2) is 37.3 Å². The van der Waals surface area contributed by atoms with Crippen molar-refractivity contribution >= 4 is 45.3 Å². The van der Waals surface area contributed by atoms with Crippen LogP contribution in [0.5, 0.6) is 0 Å². The second-order valence-electron chi connectivity index (χ2n) is 6.48. The first kappa shape index (κ1) is 17.3. The monoisotopic (exact) mass is 383 g/mol. The summed E-state index contributed by atoms with van der Waals surface area (Å²) in [5.41, 5.74) is 8.07. The molecule has 0 bridgehead atoms. The zero-order valence-corrected chi connectivity index (χ0v) is 15.8. The number of aromatic nitrogens is 5. The molecule has 0 unspecified atom stereocenters. The van der Waals surface area contributed by atoms with Crippen molar-refractivity contribution in [3.8, 4) is 5.82 Å². The zero-order chi connectivity index (χ0) is 19.3. The van der Waals surface area contributed by atoms with Crippen LogP contribution in [0.3, 0.4) is 0 Å². The third-order valence-corrected chi connectivity index (χ3v) is 4.76. The van der Waals surface area contributed by atoms with Gasteiger partial charge in [0.05, 0.1) is 10.5 Å². The van der Waals surface area contributed by atoms with Crippen LogP contribution < -0.4 is 11.1 Å². The van der Waals surface area contributed by atoms with Gasteiger partial charge in [0.1, 0.15) is 17.5 Å². The Morgan fingerprint density at radius 2 is 2.07 bits per heavy atom. The highest BCUT2D eigenvalue weighted by Crippen LogP contribution is 2.33. The molecule has 4 rings (SSSR count). The molecule has 0 atom stereocenters. The van der Waals surface area contributed by atoms with Crippen molar-refractivity contribution in [2.75, 3.05) is 12.8 Å². The summed E-state index contributed by atoms with van der Waals surface area (Å²) in [4.78, 5) is 20.5. The first-order chi connectivity index (χ1) is 12.9. The maximum absolute atomic E-state index is 12.1. The molecule has 0 aliphatic heterocycles. The molecule has 0 radical (unpaired) electrons. The summed E-state index contributed by atoms with van der Waals surface area (Å²) in [6.07, 6.45) is 3.19. The summed E-state index contributed by atoms with van der Waals surface area (Å²) in [6.45, 7) is 4.03. The highest BCUT2D eigenvalue weighted by molar-refractivity contribution is 6.35. The van der Waals surface area contributed by atoms with Gasteiger partial charge in [-0.25, -0.2) is 14.6 Å². The van der Waals surface area contributed by atoms with Gasteiger partial charge in [-0.3, -0.25) is 9.36 Å². The number of nitrogens with zero attached hydrogens (tertiary/aromatic N) is 5. The van der Waals surface area contributed by atoms with E-state index in [0.717, 1.165) is 10.9 Å². The molecule has 0 fully saturated rings. The number of halogens is 1. The molecule has 1 aromatic carbocycles. The van der Waals surface area contributed by atoms with E-state index in [-0.39, 0.29) is 11.9 Å². The smallest absolute Gasteiger partial charge is 0.251 e. The number of fused-ring (bicyclic) bond motifs is 2. The second-order valence-corrected chi connectivity index (χ2v) is 6.88. The van der Waals surface area contributed by atoms with Crippen LogP contribution in [0.4, 0.5) is 5.82 Å². The number of carbonyl (C=O) groups excluding carboxylic acids is 1. The molecule has 27 heavy (non-hydrogen) atoms. The Morgan fingerprint density at radius 1 is 1.30 bits per heavy atom. The van der Waals surface area contributed by atoms with E-state index in [9.17, 15) is 4.79 Å². The van der Waals surface area contributed by atoms with Crippen LogP contribution in [-0.2, 0) is 0 Å². The van der Waals surface area contributed by atoms with Gasteiger partial charge in [-0.15, -0.1) is 0 Å². The third kappa shape index (κ3) is 2.60. The molecular formula is C18H18ClN7O. The van der Waals surface area contributed by atoms with Gasteiger partial charge < -0.3 is 11.1 Å². The molecule has 0 saturated carbocycles. The lowest BCUT2D eigenvalue weighted by atomic mass is 10.1. The number of benzene rings is 1. The van der Waals surface area contributed by atoms with Crippen molar-refractivity contribution in [3.63, 3.8) is 0 Å². The van der Waals surface area contributed by atoms with Gasteiger partial charge in [0.15, 0.2) is 11.5 Å². The Hall–Kier alpha value is -3.13. The molecule has 138 valence electrons. The number of nitrogen functional groups attached to an aromatic ring is 1. The van der Waals surface area contributed by atoms with E-state index in [0.29, 0.717) is 33.3 Å². The van der Waals surface area contributed by atoms with E-state index in [1.165, 1.54) is 6.33 Å². The molecule has 0 spiro atoms. The number of nitrogens with two attached hydrogens (primary N) is 1. The van der Waals surface area contributed by atoms with E-state index in [1.54, 1.807) is 30.1 Å². The number of anilines is 1. The van der Waals surface area contributed by atoms with Crippen molar-refractivity contribution in [2.24, 2.45) is 0 Å². The van der Waals surface area contributed by atoms with Gasteiger partial charge in [0.25, 0.3) is 5.91 Å². The number of hydrogen-bond acceptors (Lipinski definition) is 5. The quantitative estimate of drug-likeness (QED) is 0.566. The number of amides is 1. The summed E-state index contributed by atoms with van der Waals surface area (Å²) in [5.74, 6) is 0.728. The van der Waals surface area contributed by atoms with Gasteiger partial charge in [-0.1, -0.05) is 17.7 Å². The Balaban J connectivity index is 2.07. The van der Waals surface area contributed by atoms with Gasteiger partial charge in [-0.2, -0.15) is 5.10 Å². The molecule has 0 saturated heterocycles. The molecule has 4 aromatic rings. The fourth-order valence-electron chi connectivity index (χ4n) is 3.15. The first-order valence-corrected chi connectivity index (χ1v) is 8.82. The number of rotatable bonds is 3. The van der Waals surface area contributed by atoms with Crippen molar-refractivity contribution in [1.82, 2.24) is 29.6 Å². The van der Waals surface area contributed by atoms with Gasteiger partial charge in [0.2, 0.25) is 0 Å². The molecule has 1 amide bonds. The SMILES string of the molecule is CNC(=O)c1ccc2c(Cl)cn(-c3nn(C(C)C)c4ncnc(N)c34)c2c1. The number of nitrogens with one attached hydrogen (secondary N) is 1. The lowest BCUT2D eigenvalue weighted by molar-refractivity contribution is 0.0963. The predicted molar refractivity (Wildman–Crippen MR) is 105 cm³/mol. The van der Waals surface area contributed by atoms with Crippen LogP contribution in [0.2, 0.25) is 5.02 Å². The molecule has 9 heteroatoms. The van der Waals surface area contributed by atoms with Crippen molar-refractivity contribution in [1.29, 1.82) is 0 Å². The van der Waals surface area contributed by atoms with Gasteiger partial charge >= 0.3 is 0 Å². The third-order valence-electron chi connectivity index (χ3n) is 4.46. The minimum absolute atomic E-state index is 0.0780. The van der Waals surface area contributed by atoms with E-state index < -0.39 is 0 Å². The maximum Gasteiger partial charge on any atom is 0.251 e. The van der Waals surface area contributed by atoms with Crippen LogP contribution in [0.25, 0.3) is 27.8 Å². The van der Waals surface area contributed by atoms with E-state index >= 15 is 0 Å². The Labute approximate surface area is 159 Å². The highest BCUT2D eigenvalue weighted by atomic mass is 35.5. The highest BCUT2D eigenvalue weighted by Gasteiger charge is 2.21. The summed E-state index contributed by atoms with van der Waals surface area (Å²) < 4.78 is 3.62. The Kier molecular flexibility index (Phi) is 4.00. The minimum atomic E-state index is -0.179. The van der Waals surface area contributed by atoms with Gasteiger partial charge in [0, 0.05) is 30.2 Å². The lowest BCUT2D eigenvalue weighted by Gasteiger charge is -2.06. The first-order valence-electron chi connectivity index (χ1n) is 8.44. The van der Waals surface area contributed by atoms with Crippen LogP contribution in [0.1, 0.15) is 30.2 Å². The fraction of sp³-hybridized carbons (Fsp3) is 0.222. The Morgan fingerprint density at radius 3 is 2.78 bits per heavy atom. The fourth-order valence-corrected chi connectivity index (χ4v) is 3.41. The van der Waals surface area contributed by atoms with E-state index in [1.807, 2.05) is 24.5 Å². The van der Waals surface area contributed by atoms with Crippen molar-refractivity contribution < 1.29 is 4.79 Å². The molecule has 0 aliphatic rings. The number of carbonyl (C=O) groups is 1. The average molecular weight is 384 g/mol. The molecule has 8 nitrogen and oxygen atoms in total. The normalized spacial score (nSPS) is 11.6. The summed E-state index contributed by atoms with van der Waals surface area (Å²) in [7, 11) is 1.59. The summed E-state index contributed by atoms with van der Waals surface area (Å²) in [5, 5.41) is 9.35. The van der Waals surface area contributed by atoms with Crippen molar-refractivity contribution in [2.45, 2.75) is 19.9 Å². The lowest BCUT2D eigenvalue weighted by Crippen LogP contribution is -2.17. The zero-order valence-electron chi connectivity index (χ0n) is 15.1. The molecular weight excluding hydrogens is 366 g/mol. The molecule has 3 heterocycles. The average Bonchev–Trinajstić information content (AvgIpc) is 3.20. The molecule has 3 aromatic heterocycles. The van der Waals surface area contributed by atoms with E-state index in [2.05, 4.69) is 15.3 Å². The van der Waals surface area contributed by atoms with Crippen molar-refractivity contribution in [3.05, 3.63) is 41.3 Å². The second kappa shape index (κ2) is 6.24. The van der Waals surface area contributed by atoms with Crippen LogP contribution in [0.15, 0.2) is 30.7 Å². The predicted octanol–water partition coefficient (Wildman–Crippen LogP) is 2.95. The molecule has 3 N–H and O–H groups in total. The molecule has 0 aliphatic carbocycles. The number of hydrogen-bond donors (Lipinski definition) is 2.